The molecule has 1 aliphatic heterocycles. The largest absolute Gasteiger partial charge is 0.345 e. The molecule has 1 unspecified atom stereocenters. The van der Waals surface area contributed by atoms with E-state index in [-0.39, 0.29) is 11.9 Å². The molecule has 1 fully saturated rings. The summed E-state index contributed by atoms with van der Waals surface area (Å²) >= 11 is 0. The molecule has 8 nitrogen and oxygen atoms in total. The molecule has 0 bridgehead atoms. The van der Waals surface area contributed by atoms with Crippen LogP contribution in [0.25, 0.3) is 17.1 Å². The number of aryl methyl sites for hydroxylation is 2. The van der Waals surface area contributed by atoms with Gasteiger partial charge in [0.05, 0.1) is 11.7 Å². The van der Waals surface area contributed by atoms with Crippen molar-refractivity contribution in [3.05, 3.63) is 71.3 Å². The van der Waals surface area contributed by atoms with E-state index in [0.717, 1.165) is 33.9 Å². The molecule has 2 aromatic heterocycles. The number of nitrogens with zero attached hydrogens (tertiary/aromatic N) is 5. The van der Waals surface area contributed by atoms with Gasteiger partial charge >= 0.3 is 0 Å². The van der Waals surface area contributed by atoms with E-state index in [4.69, 9.17) is 15.1 Å². The number of nitrogens with one attached hydrogen (secondary N) is 2. The monoisotopic (exact) mass is 453 g/mol. The summed E-state index contributed by atoms with van der Waals surface area (Å²) in [5.41, 5.74) is 5.84. The van der Waals surface area contributed by atoms with Gasteiger partial charge in [0.2, 0.25) is 5.95 Å². The number of hydrogen-bond acceptors (Lipinski definition) is 5. The number of imidazole rings is 1. The van der Waals surface area contributed by atoms with Gasteiger partial charge in [0.1, 0.15) is 5.82 Å². The van der Waals surface area contributed by atoms with Crippen molar-refractivity contribution in [1.82, 2.24) is 29.6 Å². The number of carbonyl (C=O) groups excluding carboxylic acids is 1. The summed E-state index contributed by atoms with van der Waals surface area (Å²) in [4.78, 5) is 21.5. The Morgan fingerprint density at radius 2 is 1.91 bits per heavy atom. The molecule has 8 heteroatoms. The minimum absolute atomic E-state index is 0.00172. The predicted octanol–water partition coefficient (Wildman–Crippen LogP) is 4.88. The maximum Gasteiger partial charge on any atom is 0.252 e. The molecule has 1 saturated carbocycles. The van der Waals surface area contributed by atoms with E-state index in [1.54, 1.807) is 0 Å². The Morgan fingerprint density at radius 1 is 1.12 bits per heavy atom. The molecule has 172 valence electrons. The summed E-state index contributed by atoms with van der Waals surface area (Å²) in [5, 5.41) is 11.0. The normalized spacial score (nSPS) is 17.0. The highest BCUT2D eigenvalue weighted by molar-refractivity contribution is 5.99. The van der Waals surface area contributed by atoms with E-state index in [2.05, 4.69) is 45.7 Å². The Bertz CT molecular complexity index is 1400. The minimum Gasteiger partial charge on any atom is -0.345 e. The maximum atomic E-state index is 12.0. The van der Waals surface area contributed by atoms with E-state index in [9.17, 15) is 4.79 Å². The molecular weight excluding hydrogens is 426 g/mol. The lowest BCUT2D eigenvalue weighted by atomic mass is 10.1. The first kappa shape index (κ1) is 20.7. The van der Waals surface area contributed by atoms with Crippen LogP contribution in [0.1, 0.15) is 66.1 Å². The van der Waals surface area contributed by atoms with E-state index < -0.39 is 0 Å². The van der Waals surface area contributed by atoms with Gasteiger partial charge in [0, 0.05) is 41.2 Å². The fourth-order valence-electron chi connectivity index (χ4n) is 4.57. The van der Waals surface area contributed by atoms with Crippen LogP contribution in [0.2, 0.25) is 0 Å². The second kappa shape index (κ2) is 7.83. The number of fused-ring (bicyclic) bond motifs is 1. The third kappa shape index (κ3) is 3.55. The fraction of sp³-hybridized carbons (Fsp3) is 0.308. The smallest absolute Gasteiger partial charge is 0.252 e. The van der Waals surface area contributed by atoms with E-state index in [1.807, 2.05) is 43.7 Å². The van der Waals surface area contributed by atoms with Gasteiger partial charge < -0.3 is 15.2 Å². The lowest BCUT2D eigenvalue weighted by Gasteiger charge is -2.09. The Morgan fingerprint density at radius 3 is 2.65 bits per heavy atom. The molecule has 1 atom stereocenters. The molecule has 2 aromatic carbocycles. The zero-order valence-electron chi connectivity index (χ0n) is 19.5. The quantitative estimate of drug-likeness (QED) is 0.434. The third-order valence-corrected chi connectivity index (χ3v) is 6.64. The summed E-state index contributed by atoms with van der Waals surface area (Å²) in [7, 11) is 0. The molecule has 2 aliphatic rings. The van der Waals surface area contributed by atoms with Crippen LogP contribution >= 0.6 is 0 Å². The number of benzene rings is 2. The van der Waals surface area contributed by atoms with Gasteiger partial charge in [0.15, 0.2) is 5.82 Å². The summed E-state index contributed by atoms with van der Waals surface area (Å²) in [5.74, 6) is 2.97. The number of anilines is 2. The van der Waals surface area contributed by atoms with Crippen LogP contribution < -0.4 is 10.6 Å². The van der Waals surface area contributed by atoms with Crippen LogP contribution in [0.3, 0.4) is 0 Å². The molecule has 1 amide bonds. The number of carbonyl (C=O) groups is 1. The molecule has 1 aliphatic carbocycles. The fourth-order valence-corrected chi connectivity index (χ4v) is 4.57. The summed E-state index contributed by atoms with van der Waals surface area (Å²) in [6, 6.07) is 14.1. The first-order valence-corrected chi connectivity index (χ1v) is 11.8. The molecule has 0 saturated heterocycles. The van der Waals surface area contributed by atoms with Crippen molar-refractivity contribution < 1.29 is 4.79 Å². The van der Waals surface area contributed by atoms with Gasteiger partial charge in [-0.15, -0.1) is 5.10 Å². The number of amides is 1. The molecular formula is C26H27N7O. The van der Waals surface area contributed by atoms with Gasteiger partial charge in [-0.1, -0.05) is 0 Å². The van der Waals surface area contributed by atoms with Crippen molar-refractivity contribution in [3.8, 4) is 17.1 Å². The summed E-state index contributed by atoms with van der Waals surface area (Å²) in [6.07, 6.45) is 4.66. The predicted molar refractivity (Wildman–Crippen MR) is 131 cm³/mol. The zero-order chi connectivity index (χ0) is 23.4. The van der Waals surface area contributed by atoms with Crippen LogP contribution in [0.5, 0.6) is 0 Å². The summed E-state index contributed by atoms with van der Waals surface area (Å²) in [6.45, 7) is 6.77. The van der Waals surface area contributed by atoms with Crippen molar-refractivity contribution in [1.29, 1.82) is 0 Å². The number of aromatic nitrogens is 5. The molecule has 3 heterocycles. The van der Waals surface area contributed by atoms with Crippen LogP contribution in [0.15, 0.2) is 48.7 Å². The molecule has 34 heavy (non-hydrogen) atoms. The van der Waals surface area contributed by atoms with Gasteiger partial charge in [-0.05, 0) is 81.6 Å². The molecule has 4 aromatic rings. The molecule has 0 spiro atoms. The number of hydrogen-bond donors (Lipinski definition) is 2. The van der Waals surface area contributed by atoms with E-state index >= 15 is 0 Å². The number of rotatable bonds is 6. The van der Waals surface area contributed by atoms with Crippen molar-refractivity contribution in [2.45, 2.75) is 52.1 Å². The highest BCUT2D eigenvalue weighted by Crippen LogP contribution is 2.39. The highest BCUT2D eigenvalue weighted by atomic mass is 16.2. The second-order valence-corrected chi connectivity index (χ2v) is 9.10. The van der Waals surface area contributed by atoms with Gasteiger partial charge in [-0.2, -0.15) is 4.98 Å². The summed E-state index contributed by atoms with van der Waals surface area (Å²) < 4.78 is 4.00. The first-order chi connectivity index (χ1) is 16.5. The zero-order valence-corrected chi connectivity index (χ0v) is 19.5. The third-order valence-electron chi connectivity index (χ3n) is 6.64. The van der Waals surface area contributed by atoms with Gasteiger partial charge in [0.25, 0.3) is 5.91 Å². The topological polar surface area (TPSA) is 89.7 Å². The SMILES string of the molecule is CCn1nc(-c2ccc(-n3cc(C4CC4)nc3C)cc2)nc1Nc1ccc2c(c1)C(C)NC2=O. The van der Waals surface area contributed by atoms with Gasteiger partial charge in [-0.3, -0.25) is 4.79 Å². The molecule has 0 radical (unpaired) electrons. The molecule has 6 rings (SSSR count). The van der Waals surface area contributed by atoms with Crippen LogP contribution in [0.4, 0.5) is 11.6 Å². The van der Waals surface area contributed by atoms with E-state index in [0.29, 0.717) is 24.2 Å². The minimum atomic E-state index is -0.0221. The van der Waals surface area contributed by atoms with Crippen molar-refractivity contribution in [2.75, 3.05) is 5.32 Å². The maximum absolute atomic E-state index is 12.0. The van der Waals surface area contributed by atoms with Crippen LogP contribution in [-0.4, -0.2) is 30.2 Å². The van der Waals surface area contributed by atoms with Crippen molar-refractivity contribution >= 4 is 17.5 Å². The average Bonchev–Trinajstić information content (AvgIpc) is 3.41. The van der Waals surface area contributed by atoms with Crippen LogP contribution in [-0.2, 0) is 6.54 Å². The Balaban J connectivity index is 1.26. The van der Waals surface area contributed by atoms with Gasteiger partial charge in [-0.25, -0.2) is 9.67 Å². The lowest BCUT2D eigenvalue weighted by molar-refractivity contribution is 0.0958. The second-order valence-electron chi connectivity index (χ2n) is 9.10. The van der Waals surface area contributed by atoms with Crippen molar-refractivity contribution in [3.63, 3.8) is 0 Å². The lowest BCUT2D eigenvalue weighted by Crippen LogP contribution is -2.16. The van der Waals surface area contributed by atoms with E-state index in [1.165, 1.54) is 18.5 Å². The Hall–Kier alpha value is -3.94. The molecule has 2 N–H and O–H groups in total. The van der Waals surface area contributed by atoms with Crippen molar-refractivity contribution in [2.24, 2.45) is 0 Å². The average molecular weight is 454 g/mol. The van der Waals surface area contributed by atoms with Crippen LogP contribution in [0, 0.1) is 6.92 Å². The standard InChI is InChI=1S/C26H27N7O/c1-4-33-26(29-19-9-12-21-22(13-19)15(2)27-25(21)34)30-24(31-33)18-7-10-20(11-8-18)32-14-23(17-5-6-17)28-16(32)3/h7-15,17H,4-6H2,1-3H3,(H,27,34)(H,29,30,31). The Kier molecular flexibility index (Phi) is 4.76. The first-order valence-electron chi connectivity index (χ1n) is 11.8. The highest BCUT2D eigenvalue weighted by Gasteiger charge is 2.27. The Labute approximate surface area is 198 Å².